The van der Waals surface area contributed by atoms with Crippen LogP contribution in [0.25, 0.3) is 0 Å². The quantitative estimate of drug-likeness (QED) is 0.486. The first-order valence-electron chi connectivity index (χ1n) is 5.12. The predicted molar refractivity (Wildman–Crippen MR) is 42.2 cm³/mol. The molecule has 0 bridgehead atoms. The van der Waals surface area contributed by atoms with Crippen LogP contribution in [0.5, 0.6) is 0 Å². The minimum atomic E-state index is -7.15. The summed E-state index contributed by atoms with van der Waals surface area (Å²) in [5.41, 5.74) is 0. The summed E-state index contributed by atoms with van der Waals surface area (Å²) in [6, 6.07) is -10.5. The molecular weight excluding hydrogens is 410 g/mol. The summed E-state index contributed by atoms with van der Waals surface area (Å²) in [6.45, 7) is 0. The number of rotatable bonds is 2. The first kappa shape index (κ1) is 21.5. The van der Waals surface area contributed by atoms with Gasteiger partial charge in [-0.05, 0) is 0 Å². The minimum Gasteiger partial charge on any atom is -0.401 e. The topological polar surface area (TPSA) is 27.7 Å². The molecule has 0 N–H and O–H groups in total. The summed E-state index contributed by atoms with van der Waals surface area (Å²) >= 11 is 0. The fraction of sp³-hybridized carbons (Fsp3) is 0.750. The Morgan fingerprint density at radius 2 is 1.08 bits per heavy atom. The molecule has 1 aliphatic heterocycles. The van der Waals surface area contributed by atoms with E-state index in [-0.39, 0.29) is 0 Å². The van der Waals surface area contributed by atoms with Crippen LogP contribution in [0.15, 0.2) is 12.1 Å². The summed E-state index contributed by atoms with van der Waals surface area (Å²) in [5.74, 6) is -13.8. The molecule has 148 valence electrons. The van der Waals surface area contributed by atoms with Gasteiger partial charge in [0.05, 0.1) is 0 Å². The SMILES string of the molecule is FC(F)=C(F)O[C@@]1(F)OC(F)(C(F)(F)F)C(F)(F)OC1(F)C(F)(F)F. The van der Waals surface area contributed by atoms with Crippen molar-refractivity contribution in [2.75, 3.05) is 0 Å². The molecule has 0 aromatic heterocycles. The highest BCUT2D eigenvalue weighted by Gasteiger charge is 2.91. The maximum absolute atomic E-state index is 13.8. The molecule has 0 aliphatic carbocycles. The summed E-state index contributed by atoms with van der Waals surface area (Å²) < 4.78 is 183. The van der Waals surface area contributed by atoms with Gasteiger partial charge in [-0.15, -0.1) is 0 Å². The van der Waals surface area contributed by atoms with Crippen molar-refractivity contribution in [1.29, 1.82) is 0 Å². The van der Waals surface area contributed by atoms with E-state index < -0.39 is 48.3 Å². The molecule has 0 radical (unpaired) electrons. The Kier molecular flexibility index (Phi) is 4.72. The van der Waals surface area contributed by atoms with Gasteiger partial charge in [-0.25, -0.2) is 0 Å². The third-order valence-electron chi connectivity index (χ3n) is 2.40. The van der Waals surface area contributed by atoms with Crippen molar-refractivity contribution in [3.63, 3.8) is 0 Å². The zero-order valence-corrected chi connectivity index (χ0v) is 10.5. The summed E-state index contributed by atoms with van der Waals surface area (Å²) in [4.78, 5) is 0. The molecule has 3 nitrogen and oxygen atoms in total. The van der Waals surface area contributed by atoms with E-state index in [1.165, 1.54) is 0 Å². The van der Waals surface area contributed by atoms with E-state index in [0.29, 0.717) is 0 Å². The second-order valence-electron chi connectivity index (χ2n) is 4.08. The van der Waals surface area contributed by atoms with Crippen LogP contribution < -0.4 is 0 Å². The number of halogens is 14. The van der Waals surface area contributed by atoms with E-state index in [0.717, 1.165) is 0 Å². The van der Waals surface area contributed by atoms with Crippen LogP contribution in [0, 0.1) is 0 Å². The van der Waals surface area contributed by atoms with Crippen LogP contribution in [0.4, 0.5) is 61.5 Å². The predicted octanol–water partition coefficient (Wildman–Crippen LogP) is 4.76. The van der Waals surface area contributed by atoms with Gasteiger partial charge in [0.15, 0.2) is 0 Å². The van der Waals surface area contributed by atoms with Gasteiger partial charge < -0.3 is 4.74 Å². The molecule has 1 rings (SSSR count). The summed E-state index contributed by atoms with van der Waals surface area (Å²) in [6.07, 6.45) is -25.1. The van der Waals surface area contributed by atoms with Gasteiger partial charge in [-0.2, -0.15) is 61.5 Å². The normalized spacial score (nSPS) is 36.1. The lowest BCUT2D eigenvalue weighted by atomic mass is 10.1. The molecular formula is C8F14O3. The average Bonchev–Trinajstić information content (AvgIpc) is 2.33. The third-order valence-corrected chi connectivity index (χ3v) is 2.40. The van der Waals surface area contributed by atoms with Crippen molar-refractivity contribution in [1.82, 2.24) is 0 Å². The largest absolute Gasteiger partial charge is 0.459 e. The molecule has 0 spiro atoms. The van der Waals surface area contributed by atoms with E-state index in [2.05, 4.69) is 4.74 Å². The number of alkyl halides is 11. The van der Waals surface area contributed by atoms with Gasteiger partial charge >= 0.3 is 48.3 Å². The fourth-order valence-corrected chi connectivity index (χ4v) is 1.30. The van der Waals surface area contributed by atoms with Crippen molar-refractivity contribution >= 4 is 0 Å². The molecule has 3 atom stereocenters. The molecule has 1 aliphatic rings. The third kappa shape index (κ3) is 3.06. The van der Waals surface area contributed by atoms with Crippen molar-refractivity contribution in [3.8, 4) is 0 Å². The standard InChI is InChI=1S/C8F14O3/c9-1(10)2(11)23-8(22)4(13,6(17,18)19)24-7(20,21)3(12,25-8)5(14,15)16/t3?,4?,8-/m1/s1. The number of ether oxygens (including phenoxy) is 3. The van der Waals surface area contributed by atoms with Crippen LogP contribution in [0.2, 0.25) is 0 Å². The molecule has 0 aromatic carbocycles. The molecule has 1 saturated heterocycles. The highest BCUT2D eigenvalue weighted by molar-refractivity contribution is 5.02. The van der Waals surface area contributed by atoms with Crippen LogP contribution in [0.1, 0.15) is 0 Å². The van der Waals surface area contributed by atoms with Crippen molar-refractivity contribution in [3.05, 3.63) is 12.1 Å². The minimum absolute atomic E-state index is 1.88. The van der Waals surface area contributed by atoms with E-state index in [9.17, 15) is 61.5 Å². The van der Waals surface area contributed by atoms with E-state index in [1.54, 1.807) is 0 Å². The maximum Gasteiger partial charge on any atom is 0.459 e. The Morgan fingerprint density at radius 3 is 1.40 bits per heavy atom. The van der Waals surface area contributed by atoms with Gasteiger partial charge in [0.2, 0.25) is 0 Å². The highest BCUT2D eigenvalue weighted by Crippen LogP contribution is 2.61. The van der Waals surface area contributed by atoms with E-state index in [1.807, 2.05) is 9.47 Å². The molecule has 1 heterocycles. The molecule has 2 unspecified atom stereocenters. The molecule has 0 aromatic rings. The molecule has 0 saturated carbocycles. The van der Waals surface area contributed by atoms with Crippen molar-refractivity contribution in [2.45, 2.75) is 36.2 Å². The van der Waals surface area contributed by atoms with Gasteiger partial charge in [0, 0.05) is 0 Å². The van der Waals surface area contributed by atoms with E-state index in [4.69, 9.17) is 0 Å². The second-order valence-corrected chi connectivity index (χ2v) is 4.08. The lowest BCUT2D eigenvalue weighted by molar-refractivity contribution is -0.631. The van der Waals surface area contributed by atoms with Gasteiger partial charge in [-0.1, -0.05) is 0 Å². The Morgan fingerprint density at radius 1 is 0.680 bits per heavy atom. The molecule has 17 heteroatoms. The summed E-state index contributed by atoms with van der Waals surface area (Å²) in [7, 11) is 0. The fourth-order valence-electron chi connectivity index (χ4n) is 1.30. The van der Waals surface area contributed by atoms with E-state index >= 15 is 0 Å². The zero-order chi connectivity index (χ0) is 20.3. The first-order valence-corrected chi connectivity index (χ1v) is 5.12. The van der Waals surface area contributed by atoms with Crippen LogP contribution in [-0.2, 0) is 14.2 Å². The second kappa shape index (κ2) is 5.49. The van der Waals surface area contributed by atoms with Crippen molar-refractivity contribution in [2.24, 2.45) is 0 Å². The smallest absolute Gasteiger partial charge is 0.401 e. The Balaban J connectivity index is 3.65. The summed E-state index contributed by atoms with van der Waals surface area (Å²) in [5, 5.41) is 0. The Bertz CT molecular complexity index is 563. The molecule has 0 amide bonds. The average molecular weight is 410 g/mol. The van der Waals surface area contributed by atoms with Gasteiger partial charge in [0.25, 0.3) is 0 Å². The van der Waals surface area contributed by atoms with Gasteiger partial charge in [-0.3, -0.25) is 9.47 Å². The lowest BCUT2D eigenvalue weighted by Crippen LogP contribution is -2.76. The molecule has 25 heavy (non-hydrogen) atoms. The van der Waals surface area contributed by atoms with Crippen molar-refractivity contribution < 1.29 is 75.7 Å². The monoisotopic (exact) mass is 410 g/mol. The number of hydrogen-bond donors (Lipinski definition) is 0. The molecule has 1 fully saturated rings. The lowest BCUT2D eigenvalue weighted by Gasteiger charge is -2.48. The Hall–Kier alpha value is -1.52. The van der Waals surface area contributed by atoms with Crippen LogP contribution in [-0.4, -0.2) is 36.2 Å². The van der Waals surface area contributed by atoms with Crippen LogP contribution in [0.3, 0.4) is 0 Å². The zero-order valence-electron chi connectivity index (χ0n) is 10.5. The van der Waals surface area contributed by atoms with Crippen LogP contribution >= 0.6 is 0 Å². The first-order chi connectivity index (χ1) is 10.7. The maximum atomic E-state index is 13.8. The van der Waals surface area contributed by atoms with Gasteiger partial charge in [0.1, 0.15) is 0 Å². The Labute approximate surface area is 125 Å². The highest BCUT2D eigenvalue weighted by atomic mass is 19.4. The number of hydrogen-bond acceptors (Lipinski definition) is 3.